The molecule has 62 heavy (non-hydrogen) atoms. The van der Waals surface area contributed by atoms with E-state index in [2.05, 4.69) is 41.5 Å². The Morgan fingerprint density at radius 2 is 1.27 bits per heavy atom. The highest BCUT2D eigenvalue weighted by atomic mass is 16.5. The highest BCUT2D eigenvalue weighted by Gasteiger charge is 2.33. The summed E-state index contributed by atoms with van der Waals surface area (Å²) in [7, 11) is 0. The molecule has 2 heterocycles. The van der Waals surface area contributed by atoms with Crippen molar-refractivity contribution in [2.24, 2.45) is 11.5 Å². The summed E-state index contributed by atoms with van der Waals surface area (Å²) in [6, 6.07) is 19.6. The molecule has 0 saturated carbocycles. The number of fused-ring (bicyclic) bond motifs is 1. The maximum absolute atomic E-state index is 14.3. The van der Waals surface area contributed by atoms with Crippen LogP contribution in [0.25, 0.3) is 10.9 Å². The maximum Gasteiger partial charge on any atom is 0.408 e. The van der Waals surface area contributed by atoms with Gasteiger partial charge in [-0.1, -0.05) is 78.9 Å². The van der Waals surface area contributed by atoms with Crippen LogP contribution in [0.5, 0.6) is 0 Å². The van der Waals surface area contributed by atoms with Gasteiger partial charge in [0.05, 0.1) is 19.5 Å². The van der Waals surface area contributed by atoms with Crippen LogP contribution in [0.2, 0.25) is 0 Å². The first kappa shape index (κ1) is 46.0. The van der Waals surface area contributed by atoms with Crippen molar-refractivity contribution in [3.05, 3.63) is 126 Å². The molecule has 18 nitrogen and oxygen atoms in total. The first-order valence-electron chi connectivity index (χ1n) is 20.3. The molecule has 5 atom stereocenters. The van der Waals surface area contributed by atoms with E-state index in [-0.39, 0.29) is 39.1 Å². The van der Waals surface area contributed by atoms with Crippen LogP contribution in [0.15, 0.2) is 104 Å². The van der Waals surface area contributed by atoms with Crippen molar-refractivity contribution in [3.63, 3.8) is 0 Å². The Bertz CT molecular complexity index is 2220. The summed E-state index contributed by atoms with van der Waals surface area (Å²) in [5.41, 5.74) is 14.8. The minimum Gasteiger partial charge on any atom is -0.445 e. The van der Waals surface area contributed by atoms with Gasteiger partial charge in [-0.3, -0.25) is 24.0 Å². The zero-order valence-electron chi connectivity index (χ0n) is 34.4. The third kappa shape index (κ3) is 14.3. The molecule has 0 unspecified atom stereocenters. The molecular weight excluding hydrogens is 797 g/mol. The van der Waals surface area contributed by atoms with Gasteiger partial charge in [0.2, 0.25) is 29.5 Å². The van der Waals surface area contributed by atoms with Crippen LogP contribution >= 0.6 is 0 Å². The van der Waals surface area contributed by atoms with Crippen molar-refractivity contribution in [1.82, 2.24) is 41.5 Å². The third-order valence-electron chi connectivity index (χ3n) is 9.93. The number of ether oxygens (including phenoxy) is 2. The molecule has 0 aliphatic heterocycles. The van der Waals surface area contributed by atoms with E-state index in [1.165, 1.54) is 19.4 Å². The van der Waals surface area contributed by atoms with Crippen molar-refractivity contribution >= 4 is 46.5 Å². The van der Waals surface area contributed by atoms with E-state index in [9.17, 15) is 28.8 Å². The number of imidazole rings is 1. The summed E-state index contributed by atoms with van der Waals surface area (Å²) in [5.74, 6) is -3.67. The zero-order valence-corrected chi connectivity index (χ0v) is 34.4. The van der Waals surface area contributed by atoms with Crippen LogP contribution in [0.3, 0.4) is 0 Å². The molecular formula is C44H54N10O8. The monoisotopic (exact) mass is 850 g/mol. The van der Waals surface area contributed by atoms with E-state index in [0.29, 0.717) is 30.6 Å². The molecule has 0 aliphatic rings. The van der Waals surface area contributed by atoms with Gasteiger partial charge in [0, 0.05) is 41.8 Å². The van der Waals surface area contributed by atoms with Crippen LogP contribution in [0.1, 0.15) is 48.6 Å². The molecule has 6 amide bonds. The number of aromatic nitrogens is 3. The minimum absolute atomic E-state index is 0.00881. The first-order chi connectivity index (χ1) is 30.0. The number of primary amides is 1. The van der Waals surface area contributed by atoms with Gasteiger partial charge in [0.1, 0.15) is 36.8 Å². The van der Waals surface area contributed by atoms with Crippen molar-refractivity contribution in [1.29, 1.82) is 0 Å². The van der Waals surface area contributed by atoms with Crippen molar-refractivity contribution in [3.8, 4) is 0 Å². The van der Waals surface area contributed by atoms with Crippen LogP contribution in [0, 0.1) is 0 Å². The van der Waals surface area contributed by atoms with Crippen molar-refractivity contribution < 1.29 is 38.2 Å². The topological polar surface area (TPSA) is 278 Å². The number of carbonyl (C=O) groups is 6. The lowest BCUT2D eigenvalue weighted by atomic mass is 10.0. The second-order valence-electron chi connectivity index (χ2n) is 14.7. The fraction of sp³-hybridized carbons (Fsp3) is 0.341. The molecule has 0 radical (unpaired) electrons. The van der Waals surface area contributed by atoms with Crippen molar-refractivity contribution in [2.75, 3.05) is 13.2 Å². The molecule has 0 bridgehead atoms. The van der Waals surface area contributed by atoms with E-state index in [1.807, 2.05) is 60.7 Å². The average Bonchev–Trinajstić information content (AvgIpc) is 3.95. The second-order valence-corrected chi connectivity index (χ2v) is 14.7. The molecule has 3 aromatic carbocycles. The van der Waals surface area contributed by atoms with E-state index in [0.717, 1.165) is 22.0 Å². The minimum atomic E-state index is -1.38. The quantitative estimate of drug-likeness (QED) is 0.0406. The Labute approximate surface area is 358 Å². The standard InChI is InChI=1S/C44H54N10O8/c1-28(39(46)55)50-41(57)36(20-31-22-48-34-17-9-8-16-33(31)34)52-43(59)38(26-61-24-29-12-4-2-5-13-29)53-40(56)35(18-10-11-19-45)51-42(58)37(21-32-23-47-27-49-32)54-44(60)62-25-30-14-6-3-7-15-30/h2-9,12-17,22-23,27-28,35-38,48H,10-11,18-21,24-26,45H2,1H3,(H2,46,55)(H,47,49)(H,50,57)(H,51,58)(H,52,59)(H,53,56)(H,54,60)/t28-,35+,36+,37+,38+/m1/s1. The van der Waals surface area contributed by atoms with E-state index < -0.39 is 65.8 Å². The largest absolute Gasteiger partial charge is 0.445 e. The lowest BCUT2D eigenvalue weighted by molar-refractivity contribution is -0.135. The van der Waals surface area contributed by atoms with E-state index in [1.54, 1.807) is 30.5 Å². The van der Waals surface area contributed by atoms with E-state index >= 15 is 0 Å². The Kier molecular flexibility index (Phi) is 17.6. The molecule has 11 N–H and O–H groups in total. The summed E-state index contributed by atoms with van der Waals surface area (Å²) in [5, 5.41) is 14.2. The molecule has 0 fully saturated rings. The molecule has 5 aromatic rings. The molecule has 0 saturated heterocycles. The number of alkyl carbamates (subject to hydrolysis) is 1. The number of hydrogen-bond acceptors (Lipinski definition) is 10. The van der Waals surface area contributed by atoms with Crippen LogP contribution < -0.4 is 38.1 Å². The molecule has 2 aromatic heterocycles. The number of rotatable bonds is 24. The summed E-state index contributed by atoms with van der Waals surface area (Å²) >= 11 is 0. The Balaban J connectivity index is 1.36. The van der Waals surface area contributed by atoms with Gasteiger partial charge in [-0.05, 0) is 55.5 Å². The Hall–Kier alpha value is -7.05. The van der Waals surface area contributed by atoms with Gasteiger partial charge in [-0.15, -0.1) is 0 Å². The molecule has 5 rings (SSSR count). The van der Waals surface area contributed by atoms with Crippen LogP contribution in [0.4, 0.5) is 4.79 Å². The number of amides is 6. The lowest BCUT2D eigenvalue weighted by Gasteiger charge is -2.27. The zero-order chi connectivity index (χ0) is 44.3. The molecule has 0 spiro atoms. The Morgan fingerprint density at radius 1 is 0.677 bits per heavy atom. The van der Waals surface area contributed by atoms with Gasteiger partial charge < -0.3 is 57.5 Å². The van der Waals surface area contributed by atoms with Gasteiger partial charge in [-0.2, -0.15) is 0 Å². The van der Waals surface area contributed by atoms with Crippen LogP contribution in [-0.4, -0.2) is 93.9 Å². The SMILES string of the molecule is C[C@@H](NC(=O)[C@H](Cc1c[nH]c2ccccc12)NC(=O)[C@H](COCc1ccccc1)NC(=O)[C@H](CCCCN)NC(=O)[C@H](Cc1cnc[nH]1)NC(=O)OCc1ccccc1)C(N)=O. The lowest BCUT2D eigenvalue weighted by Crippen LogP contribution is -2.60. The molecule has 328 valence electrons. The van der Waals surface area contributed by atoms with Gasteiger partial charge in [0.15, 0.2) is 0 Å². The highest BCUT2D eigenvalue weighted by Crippen LogP contribution is 2.19. The average molecular weight is 851 g/mol. The number of carbonyl (C=O) groups excluding carboxylic acids is 6. The van der Waals surface area contributed by atoms with Gasteiger partial charge in [-0.25, -0.2) is 9.78 Å². The smallest absolute Gasteiger partial charge is 0.408 e. The number of nitrogens with one attached hydrogen (secondary N) is 7. The number of hydrogen-bond donors (Lipinski definition) is 9. The normalized spacial score (nSPS) is 13.5. The third-order valence-corrected chi connectivity index (χ3v) is 9.93. The number of nitrogens with two attached hydrogens (primary N) is 2. The van der Waals surface area contributed by atoms with Crippen LogP contribution in [-0.2, 0) is 59.5 Å². The molecule has 18 heteroatoms. The van der Waals surface area contributed by atoms with Gasteiger partial charge in [0.25, 0.3) is 0 Å². The summed E-state index contributed by atoms with van der Waals surface area (Å²) in [4.78, 5) is 91.1. The number of benzene rings is 3. The first-order valence-corrected chi connectivity index (χ1v) is 20.3. The van der Waals surface area contributed by atoms with E-state index in [4.69, 9.17) is 20.9 Å². The predicted octanol–water partition coefficient (Wildman–Crippen LogP) is 1.76. The highest BCUT2D eigenvalue weighted by molar-refractivity contribution is 5.96. The number of unbranched alkanes of at least 4 members (excludes halogenated alkanes) is 1. The Morgan fingerprint density at radius 3 is 1.95 bits per heavy atom. The number of aromatic amines is 2. The van der Waals surface area contributed by atoms with Crippen molar-refractivity contribution in [2.45, 2.75) is 82.5 Å². The summed E-state index contributed by atoms with van der Waals surface area (Å²) in [6.07, 6.45) is 4.87. The number of nitrogens with zero attached hydrogens (tertiary/aromatic N) is 1. The maximum atomic E-state index is 14.3. The van der Waals surface area contributed by atoms with Gasteiger partial charge >= 0.3 is 6.09 Å². The predicted molar refractivity (Wildman–Crippen MR) is 229 cm³/mol. The summed E-state index contributed by atoms with van der Waals surface area (Å²) < 4.78 is 11.3. The fourth-order valence-corrected chi connectivity index (χ4v) is 6.48. The molecule has 0 aliphatic carbocycles. The second kappa shape index (κ2) is 23.7. The fourth-order valence-electron chi connectivity index (χ4n) is 6.48. The number of para-hydroxylation sites is 1. The summed E-state index contributed by atoms with van der Waals surface area (Å²) in [6.45, 7) is 1.47. The number of H-pyrrole nitrogens is 2.